The lowest BCUT2D eigenvalue weighted by molar-refractivity contribution is 0.185. The molecule has 1 heterocycles. The van der Waals surface area contributed by atoms with E-state index in [1.807, 2.05) is 11.3 Å². The van der Waals surface area contributed by atoms with E-state index in [0.717, 1.165) is 25.5 Å². The SMILES string of the molecule is CN=C(NCc1cccc(COC)c1)NCC(C)Cc1cccs1.I. The molecule has 0 aliphatic rings. The number of hydrogen-bond donors (Lipinski definition) is 2. The molecule has 2 aromatic rings. The molecule has 0 aliphatic heterocycles. The molecule has 2 N–H and O–H groups in total. The number of rotatable bonds is 8. The van der Waals surface area contributed by atoms with Crippen LogP contribution in [0.3, 0.4) is 0 Å². The van der Waals surface area contributed by atoms with E-state index < -0.39 is 0 Å². The third kappa shape index (κ3) is 8.20. The molecule has 0 bridgehead atoms. The van der Waals surface area contributed by atoms with Gasteiger partial charge in [0.05, 0.1) is 6.61 Å². The average molecular weight is 473 g/mol. The number of methoxy groups -OCH3 is 1. The Morgan fingerprint density at radius 1 is 1.20 bits per heavy atom. The van der Waals surface area contributed by atoms with E-state index in [-0.39, 0.29) is 24.0 Å². The van der Waals surface area contributed by atoms with Gasteiger partial charge >= 0.3 is 0 Å². The monoisotopic (exact) mass is 473 g/mol. The summed E-state index contributed by atoms with van der Waals surface area (Å²) >= 11 is 1.82. The largest absolute Gasteiger partial charge is 0.380 e. The number of nitrogens with zero attached hydrogens (tertiary/aromatic N) is 1. The van der Waals surface area contributed by atoms with Gasteiger partial charge in [0.15, 0.2) is 5.96 Å². The number of aliphatic imine (C=N–C) groups is 1. The first-order valence-corrected chi connectivity index (χ1v) is 9.13. The standard InChI is InChI=1S/C19H27N3OS.HI/c1-15(10-18-8-5-9-24-18)12-21-19(20-2)22-13-16-6-4-7-17(11-16)14-23-3;/h4-9,11,15H,10,12-14H2,1-3H3,(H2,20,21,22);1H. The summed E-state index contributed by atoms with van der Waals surface area (Å²) in [5, 5.41) is 8.91. The van der Waals surface area contributed by atoms with Gasteiger partial charge < -0.3 is 15.4 Å². The molecule has 0 spiro atoms. The Kier molecular flexibility index (Phi) is 10.8. The molecule has 25 heavy (non-hydrogen) atoms. The zero-order valence-corrected chi connectivity index (χ0v) is 18.3. The van der Waals surface area contributed by atoms with Crippen molar-refractivity contribution in [3.8, 4) is 0 Å². The first kappa shape index (κ1) is 21.9. The topological polar surface area (TPSA) is 45.7 Å². The summed E-state index contributed by atoms with van der Waals surface area (Å²) in [6.45, 7) is 4.55. The van der Waals surface area contributed by atoms with Crippen LogP contribution in [0.4, 0.5) is 0 Å². The first-order chi connectivity index (χ1) is 11.7. The third-order valence-corrected chi connectivity index (χ3v) is 4.63. The van der Waals surface area contributed by atoms with Gasteiger partial charge in [0.1, 0.15) is 0 Å². The van der Waals surface area contributed by atoms with Crippen molar-refractivity contribution in [3.63, 3.8) is 0 Å². The van der Waals surface area contributed by atoms with E-state index in [4.69, 9.17) is 4.74 Å². The first-order valence-electron chi connectivity index (χ1n) is 8.25. The highest BCUT2D eigenvalue weighted by Gasteiger charge is 2.06. The van der Waals surface area contributed by atoms with Gasteiger partial charge in [-0.05, 0) is 34.9 Å². The second-order valence-electron chi connectivity index (χ2n) is 5.95. The lowest BCUT2D eigenvalue weighted by atomic mass is 10.1. The summed E-state index contributed by atoms with van der Waals surface area (Å²) in [6.07, 6.45) is 1.10. The summed E-state index contributed by atoms with van der Waals surface area (Å²) < 4.78 is 5.18. The fraction of sp³-hybridized carbons (Fsp3) is 0.421. The van der Waals surface area contributed by atoms with Crippen molar-refractivity contribution in [1.29, 1.82) is 0 Å². The zero-order valence-electron chi connectivity index (χ0n) is 15.1. The maximum Gasteiger partial charge on any atom is 0.191 e. The van der Waals surface area contributed by atoms with Crippen LogP contribution in [0.1, 0.15) is 22.9 Å². The predicted molar refractivity (Wildman–Crippen MR) is 118 cm³/mol. The van der Waals surface area contributed by atoms with Crippen molar-refractivity contribution in [2.45, 2.75) is 26.5 Å². The molecule has 0 saturated carbocycles. The van der Waals surface area contributed by atoms with Crippen LogP contribution in [0.2, 0.25) is 0 Å². The quantitative estimate of drug-likeness (QED) is 0.346. The Labute approximate surface area is 172 Å². The maximum absolute atomic E-state index is 5.18. The Balaban J connectivity index is 0.00000312. The average Bonchev–Trinajstić information content (AvgIpc) is 3.08. The molecule has 6 heteroatoms. The fourth-order valence-corrected chi connectivity index (χ4v) is 3.39. The van der Waals surface area contributed by atoms with Gasteiger partial charge in [-0.2, -0.15) is 0 Å². The third-order valence-electron chi connectivity index (χ3n) is 3.73. The molecule has 1 unspecified atom stereocenters. The molecule has 138 valence electrons. The summed E-state index contributed by atoms with van der Waals surface area (Å²) in [5.74, 6) is 1.40. The van der Waals surface area contributed by atoms with Crippen molar-refractivity contribution in [2.75, 3.05) is 20.7 Å². The van der Waals surface area contributed by atoms with Gasteiger partial charge in [0.25, 0.3) is 0 Å². The van der Waals surface area contributed by atoms with Crippen molar-refractivity contribution < 1.29 is 4.74 Å². The second kappa shape index (κ2) is 12.3. The van der Waals surface area contributed by atoms with Gasteiger partial charge in [-0.1, -0.05) is 37.3 Å². The number of ether oxygens (including phenoxy) is 1. The number of thiophene rings is 1. The van der Waals surface area contributed by atoms with E-state index in [0.29, 0.717) is 12.5 Å². The molecule has 0 amide bonds. The molecule has 2 rings (SSSR count). The molecule has 1 atom stereocenters. The Bertz CT molecular complexity index is 631. The highest BCUT2D eigenvalue weighted by atomic mass is 127. The lowest BCUT2D eigenvalue weighted by Gasteiger charge is -2.16. The van der Waals surface area contributed by atoms with Crippen LogP contribution in [0.25, 0.3) is 0 Å². The molecule has 0 aliphatic carbocycles. The van der Waals surface area contributed by atoms with Crippen LogP contribution in [0.5, 0.6) is 0 Å². The molecule has 1 aromatic carbocycles. The van der Waals surface area contributed by atoms with E-state index in [1.54, 1.807) is 14.2 Å². The van der Waals surface area contributed by atoms with Crippen LogP contribution >= 0.6 is 35.3 Å². The normalized spacial score (nSPS) is 12.4. The fourth-order valence-electron chi connectivity index (χ4n) is 2.52. The summed E-state index contributed by atoms with van der Waals surface area (Å²) in [4.78, 5) is 5.74. The summed E-state index contributed by atoms with van der Waals surface area (Å²) in [5.41, 5.74) is 2.41. The smallest absolute Gasteiger partial charge is 0.191 e. The highest BCUT2D eigenvalue weighted by Crippen LogP contribution is 2.13. The van der Waals surface area contributed by atoms with Crippen LogP contribution < -0.4 is 10.6 Å². The number of hydrogen-bond acceptors (Lipinski definition) is 3. The number of halogens is 1. The summed E-state index contributed by atoms with van der Waals surface area (Å²) in [6, 6.07) is 12.7. The Hall–Kier alpha value is -1.12. The van der Waals surface area contributed by atoms with Crippen LogP contribution in [-0.2, 0) is 24.3 Å². The van der Waals surface area contributed by atoms with Crippen molar-refractivity contribution in [2.24, 2.45) is 10.9 Å². The van der Waals surface area contributed by atoms with Gasteiger partial charge in [0.2, 0.25) is 0 Å². The van der Waals surface area contributed by atoms with E-state index in [2.05, 4.69) is 64.3 Å². The second-order valence-corrected chi connectivity index (χ2v) is 6.98. The minimum absolute atomic E-state index is 0. The van der Waals surface area contributed by atoms with Gasteiger partial charge in [-0.3, -0.25) is 4.99 Å². The minimum atomic E-state index is 0. The summed E-state index contributed by atoms with van der Waals surface area (Å²) in [7, 11) is 3.52. The predicted octanol–water partition coefficient (Wildman–Crippen LogP) is 4.06. The van der Waals surface area contributed by atoms with Gasteiger partial charge in [-0.25, -0.2) is 0 Å². The Morgan fingerprint density at radius 2 is 2.00 bits per heavy atom. The van der Waals surface area contributed by atoms with E-state index in [1.165, 1.54) is 16.0 Å². The van der Waals surface area contributed by atoms with Crippen LogP contribution in [0, 0.1) is 5.92 Å². The molecule has 1 aromatic heterocycles. The van der Waals surface area contributed by atoms with Crippen molar-refractivity contribution in [1.82, 2.24) is 10.6 Å². The van der Waals surface area contributed by atoms with E-state index in [9.17, 15) is 0 Å². The Morgan fingerprint density at radius 3 is 2.68 bits per heavy atom. The molecule has 0 saturated heterocycles. The maximum atomic E-state index is 5.18. The molecular weight excluding hydrogens is 445 g/mol. The van der Waals surface area contributed by atoms with E-state index >= 15 is 0 Å². The number of nitrogens with one attached hydrogen (secondary N) is 2. The van der Waals surface area contributed by atoms with Gasteiger partial charge in [-0.15, -0.1) is 35.3 Å². The molecular formula is C19H28IN3OS. The van der Waals surface area contributed by atoms with Crippen LogP contribution in [-0.4, -0.2) is 26.7 Å². The number of guanidine groups is 1. The molecule has 0 radical (unpaired) electrons. The molecule has 0 fully saturated rings. The zero-order chi connectivity index (χ0) is 17.2. The van der Waals surface area contributed by atoms with Crippen molar-refractivity contribution >= 4 is 41.3 Å². The minimum Gasteiger partial charge on any atom is -0.380 e. The highest BCUT2D eigenvalue weighted by molar-refractivity contribution is 14.0. The van der Waals surface area contributed by atoms with Crippen LogP contribution in [0.15, 0.2) is 46.8 Å². The number of benzene rings is 1. The molecule has 4 nitrogen and oxygen atoms in total. The van der Waals surface area contributed by atoms with Crippen molar-refractivity contribution in [3.05, 3.63) is 57.8 Å². The van der Waals surface area contributed by atoms with Gasteiger partial charge in [0, 0.05) is 32.1 Å². The lowest BCUT2D eigenvalue weighted by Crippen LogP contribution is -2.39.